The number of carbonyl (C=O) groups is 2. The van der Waals surface area contributed by atoms with E-state index in [9.17, 15) is 14.7 Å². The molecular formula is C36H54N4O5. The molecule has 9 heteroatoms. The summed E-state index contributed by atoms with van der Waals surface area (Å²) in [4.78, 5) is 31.2. The van der Waals surface area contributed by atoms with E-state index in [4.69, 9.17) is 9.47 Å². The van der Waals surface area contributed by atoms with Gasteiger partial charge in [0.2, 0.25) is 0 Å². The van der Waals surface area contributed by atoms with Crippen LogP contribution in [0.2, 0.25) is 0 Å². The van der Waals surface area contributed by atoms with Gasteiger partial charge in [0.25, 0.3) is 5.91 Å². The Labute approximate surface area is 269 Å². The Balaban J connectivity index is 1.56. The largest absolute Gasteiger partial charge is 0.490 e. The molecule has 2 aliphatic rings. The molecule has 0 radical (unpaired) electrons. The number of urea groups is 1. The van der Waals surface area contributed by atoms with Gasteiger partial charge in [-0.15, -0.1) is 0 Å². The number of fused-ring (bicyclic) bond motifs is 1. The first-order valence-corrected chi connectivity index (χ1v) is 16.9. The van der Waals surface area contributed by atoms with Crippen molar-refractivity contribution in [3.63, 3.8) is 0 Å². The van der Waals surface area contributed by atoms with Crippen molar-refractivity contribution in [3.05, 3.63) is 59.7 Å². The third-order valence-electron chi connectivity index (χ3n) is 9.04. The number of amides is 3. The smallest absolute Gasteiger partial charge is 0.319 e. The van der Waals surface area contributed by atoms with E-state index in [0.29, 0.717) is 36.7 Å². The van der Waals surface area contributed by atoms with Crippen LogP contribution in [-0.4, -0.2) is 84.5 Å². The predicted molar refractivity (Wildman–Crippen MR) is 179 cm³/mol. The van der Waals surface area contributed by atoms with E-state index in [2.05, 4.69) is 53.8 Å². The number of hydrogen-bond acceptors (Lipinski definition) is 6. The summed E-state index contributed by atoms with van der Waals surface area (Å²) in [5.74, 6) is 0.242. The van der Waals surface area contributed by atoms with Crippen LogP contribution in [0.3, 0.4) is 0 Å². The molecule has 248 valence electrons. The van der Waals surface area contributed by atoms with Gasteiger partial charge in [-0.05, 0) is 76.8 Å². The van der Waals surface area contributed by atoms with E-state index < -0.39 is 6.04 Å². The molecule has 45 heavy (non-hydrogen) atoms. The summed E-state index contributed by atoms with van der Waals surface area (Å²) >= 11 is 0. The standard InChI is InChI=1S/C36H54N4O5/c1-26-22-40(27(2)25-41)35(42)32-21-31(38-36(43)37-30-16-9-6-10-17-30)18-19-33(32)45-28(3)13-11-12-20-44-34(26)24-39(4)23-29-14-7-5-8-15-29/h5,7-8,14-15,18-19,21,26-28,30,34,41H,6,9-13,16-17,20,22-25H2,1-4H3,(H2,37,38,43)/t26-,27+,28-,34-/m0/s1. The second-order valence-electron chi connectivity index (χ2n) is 13.1. The van der Waals surface area contributed by atoms with Gasteiger partial charge < -0.3 is 30.1 Å². The first kappa shape index (κ1) is 34.7. The molecule has 3 amide bonds. The van der Waals surface area contributed by atoms with E-state index in [1.165, 1.54) is 12.0 Å². The van der Waals surface area contributed by atoms with Crippen molar-refractivity contribution in [1.29, 1.82) is 0 Å². The molecule has 0 unspecified atom stereocenters. The molecule has 1 aliphatic carbocycles. The number of carbonyl (C=O) groups excluding carboxylic acids is 2. The Morgan fingerprint density at radius 3 is 2.51 bits per heavy atom. The van der Waals surface area contributed by atoms with Crippen LogP contribution < -0.4 is 15.4 Å². The maximum Gasteiger partial charge on any atom is 0.319 e. The summed E-state index contributed by atoms with van der Waals surface area (Å²) in [5, 5.41) is 16.3. The highest BCUT2D eigenvalue weighted by molar-refractivity contribution is 5.99. The summed E-state index contributed by atoms with van der Waals surface area (Å²) in [7, 11) is 2.10. The van der Waals surface area contributed by atoms with E-state index in [1.54, 1.807) is 23.1 Å². The number of rotatable bonds is 8. The van der Waals surface area contributed by atoms with Gasteiger partial charge in [-0.3, -0.25) is 9.69 Å². The zero-order valence-electron chi connectivity index (χ0n) is 27.7. The highest BCUT2D eigenvalue weighted by Crippen LogP contribution is 2.29. The summed E-state index contributed by atoms with van der Waals surface area (Å²) in [5.41, 5.74) is 2.14. The van der Waals surface area contributed by atoms with Crippen LogP contribution >= 0.6 is 0 Å². The van der Waals surface area contributed by atoms with Gasteiger partial charge >= 0.3 is 6.03 Å². The zero-order chi connectivity index (χ0) is 32.2. The second-order valence-corrected chi connectivity index (χ2v) is 13.1. The monoisotopic (exact) mass is 622 g/mol. The lowest BCUT2D eigenvalue weighted by Crippen LogP contribution is -2.47. The van der Waals surface area contributed by atoms with Crippen LogP contribution in [0.5, 0.6) is 5.75 Å². The lowest BCUT2D eigenvalue weighted by atomic mass is 9.96. The molecule has 4 atom stereocenters. The fraction of sp³-hybridized carbons (Fsp3) is 0.611. The number of benzene rings is 2. The van der Waals surface area contributed by atoms with E-state index >= 15 is 0 Å². The fourth-order valence-corrected chi connectivity index (χ4v) is 6.33. The zero-order valence-corrected chi connectivity index (χ0v) is 27.7. The van der Waals surface area contributed by atoms with Crippen molar-refractivity contribution in [3.8, 4) is 5.75 Å². The topological polar surface area (TPSA) is 103 Å². The van der Waals surface area contributed by atoms with Crippen molar-refractivity contribution in [2.45, 2.75) is 103 Å². The van der Waals surface area contributed by atoms with Crippen molar-refractivity contribution in [2.24, 2.45) is 5.92 Å². The van der Waals surface area contributed by atoms with Crippen LogP contribution in [0.4, 0.5) is 10.5 Å². The number of anilines is 1. The molecule has 0 bridgehead atoms. The van der Waals surface area contributed by atoms with Crippen LogP contribution in [-0.2, 0) is 11.3 Å². The molecule has 0 saturated heterocycles. The van der Waals surface area contributed by atoms with Crippen molar-refractivity contribution in [2.75, 3.05) is 38.7 Å². The molecule has 9 nitrogen and oxygen atoms in total. The molecule has 1 aliphatic heterocycles. The average molecular weight is 623 g/mol. The molecular weight excluding hydrogens is 568 g/mol. The fourth-order valence-electron chi connectivity index (χ4n) is 6.33. The average Bonchev–Trinajstić information content (AvgIpc) is 3.03. The van der Waals surface area contributed by atoms with Crippen LogP contribution in [0.15, 0.2) is 48.5 Å². The summed E-state index contributed by atoms with van der Waals surface area (Å²) < 4.78 is 12.8. The molecule has 3 N–H and O–H groups in total. The predicted octanol–water partition coefficient (Wildman–Crippen LogP) is 6.07. The number of nitrogens with zero attached hydrogens (tertiary/aromatic N) is 2. The van der Waals surface area contributed by atoms with Gasteiger partial charge in [-0.1, -0.05) is 56.5 Å². The van der Waals surface area contributed by atoms with E-state index in [-0.39, 0.29) is 42.7 Å². The molecule has 1 fully saturated rings. The summed E-state index contributed by atoms with van der Waals surface area (Å²) in [6.07, 6.45) is 7.91. The minimum absolute atomic E-state index is 0.00464. The van der Waals surface area contributed by atoms with Gasteiger partial charge in [0.1, 0.15) is 5.75 Å². The summed E-state index contributed by atoms with van der Waals surface area (Å²) in [6.45, 7) is 8.37. The van der Waals surface area contributed by atoms with Gasteiger partial charge in [-0.25, -0.2) is 4.79 Å². The highest BCUT2D eigenvalue weighted by Gasteiger charge is 2.30. The van der Waals surface area contributed by atoms with Crippen LogP contribution in [0.1, 0.15) is 88.1 Å². The first-order chi connectivity index (χ1) is 21.7. The number of likely N-dealkylation sites (N-methyl/N-ethyl adjacent to an activating group) is 1. The maximum absolute atomic E-state index is 14.3. The van der Waals surface area contributed by atoms with Gasteiger partial charge in [0.05, 0.1) is 30.4 Å². The Hall–Kier alpha value is -3.14. The van der Waals surface area contributed by atoms with Crippen molar-refractivity contribution < 1.29 is 24.2 Å². The molecule has 4 rings (SSSR count). The van der Waals surface area contributed by atoms with Crippen molar-refractivity contribution in [1.82, 2.24) is 15.1 Å². The Kier molecular flexibility index (Phi) is 13.5. The first-order valence-electron chi connectivity index (χ1n) is 16.9. The second kappa shape index (κ2) is 17.5. The number of hydrogen-bond donors (Lipinski definition) is 3. The molecule has 1 saturated carbocycles. The quantitative estimate of drug-likeness (QED) is 0.330. The number of aliphatic hydroxyl groups is 1. The number of ether oxygens (including phenoxy) is 2. The Morgan fingerprint density at radius 2 is 1.78 bits per heavy atom. The lowest BCUT2D eigenvalue weighted by molar-refractivity contribution is -0.0177. The maximum atomic E-state index is 14.3. The lowest BCUT2D eigenvalue weighted by Gasteiger charge is -2.36. The normalized spacial score (nSPS) is 23.0. The Bertz CT molecular complexity index is 1210. The molecule has 0 aromatic heterocycles. The third kappa shape index (κ3) is 10.7. The third-order valence-corrected chi connectivity index (χ3v) is 9.04. The SMILES string of the molecule is C[C@H](CO)N1C[C@H](C)[C@H](CN(C)Cc2ccccc2)OCCCC[C@H](C)Oc2ccc(NC(=O)NC3CCCCC3)cc2C1=O. The molecule has 2 aromatic rings. The number of nitrogens with one attached hydrogen (secondary N) is 2. The molecule has 0 spiro atoms. The van der Waals surface area contributed by atoms with Crippen LogP contribution in [0, 0.1) is 5.92 Å². The minimum Gasteiger partial charge on any atom is -0.490 e. The number of aliphatic hydroxyl groups excluding tert-OH is 1. The minimum atomic E-state index is -0.424. The molecule has 2 aromatic carbocycles. The van der Waals surface area contributed by atoms with E-state index in [1.807, 2.05) is 19.9 Å². The summed E-state index contributed by atoms with van der Waals surface area (Å²) in [6, 6.07) is 15.1. The van der Waals surface area contributed by atoms with Gasteiger partial charge in [0, 0.05) is 43.9 Å². The molecule has 1 heterocycles. The van der Waals surface area contributed by atoms with Gasteiger partial charge in [0.15, 0.2) is 0 Å². The van der Waals surface area contributed by atoms with Crippen LogP contribution in [0.25, 0.3) is 0 Å². The van der Waals surface area contributed by atoms with E-state index in [0.717, 1.165) is 51.5 Å². The van der Waals surface area contributed by atoms with Crippen molar-refractivity contribution >= 4 is 17.6 Å². The highest BCUT2D eigenvalue weighted by atomic mass is 16.5. The Morgan fingerprint density at radius 1 is 1.04 bits per heavy atom. The van der Waals surface area contributed by atoms with Gasteiger partial charge in [-0.2, -0.15) is 0 Å².